The predicted octanol–water partition coefficient (Wildman–Crippen LogP) is 0.566. The van der Waals surface area contributed by atoms with Crippen LogP contribution in [0.4, 0.5) is 0 Å². The summed E-state index contributed by atoms with van der Waals surface area (Å²) >= 11 is 0. The van der Waals surface area contributed by atoms with Gasteiger partial charge in [0.25, 0.3) is 0 Å². The van der Waals surface area contributed by atoms with E-state index in [0.717, 1.165) is 6.42 Å². The Morgan fingerprint density at radius 1 is 1.30 bits per heavy atom. The molecule has 0 aromatic heterocycles. The number of carbonyl (C=O) groups is 3. The molecule has 0 aromatic carbocycles. The van der Waals surface area contributed by atoms with Gasteiger partial charge in [-0.2, -0.15) is 0 Å². The minimum Gasteiger partial charge on any atom is -0.481 e. The van der Waals surface area contributed by atoms with Crippen molar-refractivity contribution in [3.63, 3.8) is 0 Å². The van der Waals surface area contributed by atoms with Gasteiger partial charge in [-0.05, 0) is 11.8 Å². The average molecular weight is 282 g/mol. The molecule has 0 spiro atoms. The fourth-order valence-electron chi connectivity index (χ4n) is 3.09. The van der Waals surface area contributed by atoms with E-state index in [1.165, 1.54) is 0 Å². The number of amides is 2. The van der Waals surface area contributed by atoms with Gasteiger partial charge in [0.1, 0.15) is 5.92 Å². The number of carbonyl (C=O) groups excluding carboxylic acids is 2. The Kier molecular flexibility index (Phi) is 3.75. The summed E-state index contributed by atoms with van der Waals surface area (Å²) < 4.78 is 0. The second-order valence-corrected chi connectivity index (χ2v) is 6.70. The van der Waals surface area contributed by atoms with Crippen LogP contribution in [0.3, 0.4) is 0 Å². The van der Waals surface area contributed by atoms with Crippen molar-refractivity contribution in [2.24, 2.45) is 11.3 Å². The lowest BCUT2D eigenvalue weighted by Gasteiger charge is -2.40. The van der Waals surface area contributed by atoms with E-state index in [0.29, 0.717) is 26.1 Å². The molecule has 6 heteroatoms. The number of piperazine rings is 1. The Balaban J connectivity index is 2.10. The zero-order valence-electron chi connectivity index (χ0n) is 12.3. The Morgan fingerprint density at radius 3 is 2.50 bits per heavy atom. The highest BCUT2D eigenvalue weighted by atomic mass is 16.4. The van der Waals surface area contributed by atoms with Crippen LogP contribution in [0.25, 0.3) is 0 Å². The number of rotatable bonds is 2. The van der Waals surface area contributed by atoms with Crippen LogP contribution in [0.2, 0.25) is 0 Å². The van der Waals surface area contributed by atoms with Crippen LogP contribution in [0.15, 0.2) is 0 Å². The molecule has 0 aromatic rings. The van der Waals surface area contributed by atoms with Gasteiger partial charge in [0.2, 0.25) is 11.8 Å². The molecular weight excluding hydrogens is 260 g/mol. The largest absolute Gasteiger partial charge is 0.481 e. The molecule has 2 rings (SSSR count). The molecule has 0 bridgehead atoms. The Bertz CT molecular complexity index is 441. The summed E-state index contributed by atoms with van der Waals surface area (Å²) in [5, 5.41) is 9.33. The summed E-state index contributed by atoms with van der Waals surface area (Å²) in [6, 6.07) is 0.0645. The summed E-state index contributed by atoms with van der Waals surface area (Å²) in [6.45, 7) is 6.70. The van der Waals surface area contributed by atoms with Crippen molar-refractivity contribution >= 4 is 17.8 Å². The molecule has 112 valence electrons. The van der Waals surface area contributed by atoms with E-state index >= 15 is 0 Å². The van der Waals surface area contributed by atoms with Crippen LogP contribution in [0.5, 0.6) is 0 Å². The topological polar surface area (TPSA) is 77.9 Å². The first-order chi connectivity index (χ1) is 9.21. The standard InChI is InChI=1S/C14H22N2O4/c1-14(2,3)11(13(19)20)12(18)15-6-7-16-9(8-15)4-5-10(16)17/h9,11H,4-8H2,1-3H3,(H,19,20). The second kappa shape index (κ2) is 5.07. The maximum atomic E-state index is 12.5. The van der Waals surface area contributed by atoms with Crippen molar-refractivity contribution in [3.05, 3.63) is 0 Å². The van der Waals surface area contributed by atoms with Crippen LogP contribution in [-0.4, -0.2) is 58.4 Å². The molecule has 6 nitrogen and oxygen atoms in total. The van der Waals surface area contributed by atoms with Crippen LogP contribution < -0.4 is 0 Å². The van der Waals surface area contributed by atoms with E-state index in [-0.39, 0.29) is 17.9 Å². The van der Waals surface area contributed by atoms with Crippen LogP contribution in [0, 0.1) is 11.3 Å². The molecule has 2 heterocycles. The number of carboxylic acid groups (broad SMARTS) is 1. The highest BCUT2D eigenvalue weighted by Crippen LogP contribution is 2.30. The summed E-state index contributed by atoms with van der Waals surface area (Å²) in [5.74, 6) is -2.30. The highest BCUT2D eigenvalue weighted by molar-refractivity contribution is 5.98. The van der Waals surface area contributed by atoms with E-state index in [2.05, 4.69) is 0 Å². The second-order valence-electron chi connectivity index (χ2n) is 6.70. The first-order valence-corrected chi connectivity index (χ1v) is 7.03. The summed E-state index contributed by atoms with van der Waals surface area (Å²) in [6.07, 6.45) is 1.30. The summed E-state index contributed by atoms with van der Waals surface area (Å²) in [7, 11) is 0. The molecule has 2 atom stereocenters. The molecule has 1 N–H and O–H groups in total. The third kappa shape index (κ3) is 2.64. The lowest BCUT2D eigenvalue weighted by atomic mass is 9.79. The quantitative estimate of drug-likeness (QED) is 0.751. The first-order valence-electron chi connectivity index (χ1n) is 7.03. The minimum atomic E-state index is -1.08. The Hall–Kier alpha value is -1.59. The van der Waals surface area contributed by atoms with Gasteiger partial charge in [-0.15, -0.1) is 0 Å². The van der Waals surface area contributed by atoms with E-state index in [9.17, 15) is 19.5 Å². The lowest BCUT2D eigenvalue weighted by molar-refractivity contribution is -0.158. The van der Waals surface area contributed by atoms with Crippen molar-refractivity contribution in [1.29, 1.82) is 0 Å². The van der Waals surface area contributed by atoms with Crippen LogP contribution in [0.1, 0.15) is 33.6 Å². The van der Waals surface area contributed by atoms with Crippen LogP contribution in [-0.2, 0) is 14.4 Å². The molecule has 2 unspecified atom stereocenters. The maximum absolute atomic E-state index is 12.5. The minimum absolute atomic E-state index is 0.0645. The van der Waals surface area contributed by atoms with Gasteiger partial charge in [0, 0.05) is 32.1 Å². The van der Waals surface area contributed by atoms with Crippen molar-refractivity contribution < 1.29 is 19.5 Å². The van der Waals surface area contributed by atoms with E-state index in [1.807, 2.05) is 4.90 Å². The molecular formula is C14H22N2O4. The van der Waals surface area contributed by atoms with Crippen molar-refractivity contribution in [2.45, 2.75) is 39.7 Å². The van der Waals surface area contributed by atoms with Gasteiger partial charge in [-0.1, -0.05) is 20.8 Å². The van der Waals surface area contributed by atoms with E-state index in [4.69, 9.17) is 0 Å². The molecule has 2 aliphatic heterocycles. The summed E-state index contributed by atoms with van der Waals surface area (Å²) in [4.78, 5) is 38.9. The maximum Gasteiger partial charge on any atom is 0.316 e. The molecule has 0 saturated carbocycles. The van der Waals surface area contributed by atoms with Crippen LogP contribution >= 0.6 is 0 Å². The van der Waals surface area contributed by atoms with Crippen molar-refractivity contribution in [3.8, 4) is 0 Å². The third-order valence-electron chi connectivity index (χ3n) is 4.17. The molecule has 2 amide bonds. The van der Waals surface area contributed by atoms with Crippen molar-refractivity contribution in [2.75, 3.05) is 19.6 Å². The monoisotopic (exact) mass is 282 g/mol. The van der Waals surface area contributed by atoms with Gasteiger partial charge < -0.3 is 14.9 Å². The van der Waals surface area contributed by atoms with Gasteiger partial charge in [0.15, 0.2) is 0 Å². The molecule has 0 radical (unpaired) electrons. The number of fused-ring (bicyclic) bond motifs is 1. The van der Waals surface area contributed by atoms with Gasteiger partial charge >= 0.3 is 5.97 Å². The van der Waals surface area contributed by atoms with E-state index in [1.54, 1.807) is 25.7 Å². The predicted molar refractivity (Wildman–Crippen MR) is 71.9 cm³/mol. The fourth-order valence-corrected chi connectivity index (χ4v) is 3.09. The molecule has 2 saturated heterocycles. The van der Waals surface area contributed by atoms with E-state index < -0.39 is 17.3 Å². The lowest BCUT2D eigenvalue weighted by Crippen LogP contribution is -2.56. The normalized spacial score (nSPS) is 24.6. The summed E-state index contributed by atoms with van der Waals surface area (Å²) in [5.41, 5.74) is -0.619. The smallest absolute Gasteiger partial charge is 0.316 e. The zero-order valence-corrected chi connectivity index (χ0v) is 12.3. The Morgan fingerprint density at radius 2 is 1.95 bits per heavy atom. The molecule has 0 aliphatic carbocycles. The SMILES string of the molecule is CC(C)(C)C(C(=O)O)C(=O)N1CCN2C(=O)CCC2C1. The van der Waals surface area contributed by atoms with Gasteiger partial charge in [0.05, 0.1) is 0 Å². The van der Waals surface area contributed by atoms with Gasteiger partial charge in [-0.3, -0.25) is 14.4 Å². The highest BCUT2D eigenvalue weighted by Gasteiger charge is 2.43. The number of carboxylic acids is 1. The molecule has 2 fully saturated rings. The van der Waals surface area contributed by atoms with Gasteiger partial charge in [-0.25, -0.2) is 0 Å². The zero-order chi connectivity index (χ0) is 15.1. The number of aliphatic carboxylic acids is 1. The first kappa shape index (κ1) is 14.8. The Labute approximate surface area is 118 Å². The van der Waals surface area contributed by atoms with Crippen molar-refractivity contribution in [1.82, 2.24) is 9.80 Å². The number of hydrogen-bond donors (Lipinski definition) is 1. The number of hydrogen-bond acceptors (Lipinski definition) is 3. The molecule has 2 aliphatic rings. The average Bonchev–Trinajstić information content (AvgIpc) is 2.68. The number of nitrogens with zero attached hydrogens (tertiary/aromatic N) is 2. The third-order valence-corrected chi connectivity index (χ3v) is 4.17. The molecule has 20 heavy (non-hydrogen) atoms. The fraction of sp³-hybridized carbons (Fsp3) is 0.786.